The van der Waals surface area contributed by atoms with E-state index in [4.69, 9.17) is 10.3 Å². The van der Waals surface area contributed by atoms with E-state index in [-0.39, 0.29) is 23.2 Å². The molecule has 1 aromatic heterocycles. The summed E-state index contributed by atoms with van der Waals surface area (Å²) in [5.41, 5.74) is 6.32. The average Bonchev–Trinajstić information content (AvgIpc) is 3.24. The fourth-order valence-electron chi connectivity index (χ4n) is 2.69. The first-order chi connectivity index (χ1) is 11.1. The number of rotatable bonds is 4. The molecule has 0 aliphatic carbocycles. The molecular weight excluding hydrogens is 299 g/mol. The summed E-state index contributed by atoms with van der Waals surface area (Å²) in [6.45, 7) is 3.24. The van der Waals surface area contributed by atoms with Gasteiger partial charge in [-0.2, -0.15) is 4.98 Å². The summed E-state index contributed by atoms with van der Waals surface area (Å²) < 4.78 is 19.0. The number of benzene rings is 1. The van der Waals surface area contributed by atoms with E-state index in [1.165, 1.54) is 6.07 Å². The number of hydrogen-bond acceptors (Lipinski definition) is 5. The monoisotopic (exact) mass is 318 g/mol. The second kappa shape index (κ2) is 6.45. The first-order valence-corrected chi connectivity index (χ1v) is 7.71. The van der Waals surface area contributed by atoms with Crippen LogP contribution in [0.1, 0.15) is 31.6 Å². The highest BCUT2D eigenvalue weighted by Crippen LogP contribution is 2.24. The van der Waals surface area contributed by atoms with Gasteiger partial charge in [0.25, 0.3) is 0 Å². The van der Waals surface area contributed by atoms with E-state index in [1.807, 2.05) is 0 Å². The van der Waals surface area contributed by atoms with Crippen LogP contribution in [0.5, 0.6) is 0 Å². The van der Waals surface area contributed by atoms with Crippen molar-refractivity contribution in [2.45, 2.75) is 31.7 Å². The number of nitrogens with two attached hydrogens (primary N) is 1. The maximum Gasteiger partial charge on any atom is 0.240 e. The lowest BCUT2D eigenvalue weighted by Gasteiger charge is -2.22. The van der Waals surface area contributed by atoms with Crippen LogP contribution >= 0.6 is 0 Å². The van der Waals surface area contributed by atoms with Crippen molar-refractivity contribution in [1.29, 1.82) is 0 Å². The molecule has 0 bridgehead atoms. The van der Waals surface area contributed by atoms with E-state index in [1.54, 1.807) is 30.0 Å². The molecule has 2 heterocycles. The SMILES string of the molecule is C[C@H](c1nc(-c2ccccc2F)no1)[C@H](N)C(=O)N1CCCC1. The second-order valence-corrected chi connectivity index (χ2v) is 5.78. The van der Waals surface area contributed by atoms with Gasteiger partial charge in [-0.1, -0.05) is 24.2 Å². The Hall–Kier alpha value is -2.28. The maximum atomic E-state index is 13.8. The summed E-state index contributed by atoms with van der Waals surface area (Å²) in [5, 5.41) is 3.80. The Morgan fingerprint density at radius 2 is 2.04 bits per heavy atom. The molecule has 0 radical (unpaired) electrons. The van der Waals surface area contributed by atoms with Crippen LogP contribution in [0.25, 0.3) is 11.4 Å². The molecule has 2 aromatic rings. The zero-order valence-electron chi connectivity index (χ0n) is 12.9. The van der Waals surface area contributed by atoms with Crippen LogP contribution in [-0.2, 0) is 4.79 Å². The molecule has 0 saturated carbocycles. The zero-order valence-corrected chi connectivity index (χ0v) is 12.9. The largest absolute Gasteiger partial charge is 0.341 e. The molecule has 122 valence electrons. The summed E-state index contributed by atoms with van der Waals surface area (Å²) in [5.74, 6) is -0.573. The van der Waals surface area contributed by atoms with Crippen molar-refractivity contribution in [2.75, 3.05) is 13.1 Å². The average molecular weight is 318 g/mol. The Balaban J connectivity index is 1.77. The van der Waals surface area contributed by atoms with Gasteiger partial charge >= 0.3 is 0 Å². The predicted molar refractivity (Wildman–Crippen MR) is 81.9 cm³/mol. The standard InChI is InChI=1S/C16H19FN4O2/c1-10(13(18)16(22)21-8-4-5-9-21)15-19-14(20-23-15)11-6-2-3-7-12(11)17/h2-3,6-7,10,13H,4-5,8-9,18H2,1H3/t10-,13-/m0/s1. The van der Waals surface area contributed by atoms with Crippen LogP contribution in [0.3, 0.4) is 0 Å². The van der Waals surface area contributed by atoms with Crippen LogP contribution < -0.4 is 5.73 Å². The quantitative estimate of drug-likeness (QED) is 0.931. The fraction of sp³-hybridized carbons (Fsp3) is 0.438. The van der Waals surface area contributed by atoms with Crippen molar-refractivity contribution in [3.63, 3.8) is 0 Å². The van der Waals surface area contributed by atoms with Gasteiger partial charge in [0.15, 0.2) is 0 Å². The van der Waals surface area contributed by atoms with Gasteiger partial charge in [-0.05, 0) is 25.0 Å². The van der Waals surface area contributed by atoms with Crippen molar-refractivity contribution < 1.29 is 13.7 Å². The third-order valence-corrected chi connectivity index (χ3v) is 4.19. The van der Waals surface area contributed by atoms with Gasteiger partial charge < -0.3 is 15.2 Å². The van der Waals surface area contributed by atoms with Gasteiger partial charge in [-0.3, -0.25) is 4.79 Å². The molecule has 23 heavy (non-hydrogen) atoms. The van der Waals surface area contributed by atoms with E-state index in [9.17, 15) is 9.18 Å². The molecule has 2 atom stereocenters. The maximum absolute atomic E-state index is 13.8. The molecule has 6 nitrogen and oxygen atoms in total. The van der Waals surface area contributed by atoms with Gasteiger partial charge in [-0.15, -0.1) is 0 Å². The molecule has 1 amide bonds. The van der Waals surface area contributed by atoms with E-state index in [0.29, 0.717) is 0 Å². The van der Waals surface area contributed by atoms with Crippen molar-refractivity contribution in [3.05, 3.63) is 36.0 Å². The van der Waals surface area contributed by atoms with Crippen LogP contribution in [-0.4, -0.2) is 40.1 Å². The van der Waals surface area contributed by atoms with Crippen molar-refractivity contribution in [3.8, 4) is 11.4 Å². The number of carbonyl (C=O) groups is 1. The molecule has 0 spiro atoms. The van der Waals surface area contributed by atoms with E-state index in [0.717, 1.165) is 25.9 Å². The molecule has 1 aromatic carbocycles. The highest BCUT2D eigenvalue weighted by atomic mass is 19.1. The number of nitrogens with zero attached hydrogens (tertiary/aromatic N) is 3. The van der Waals surface area contributed by atoms with E-state index < -0.39 is 17.8 Å². The van der Waals surface area contributed by atoms with Crippen LogP contribution in [0, 0.1) is 5.82 Å². The summed E-state index contributed by atoms with van der Waals surface area (Å²) in [6.07, 6.45) is 2.01. The summed E-state index contributed by atoms with van der Waals surface area (Å²) in [6, 6.07) is 5.44. The van der Waals surface area contributed by atoms with Gasteiger partial charge in [0.2, 0.25) is 17.6 Å². The summed E-state index contributed by atoms with van der Waals surface area (Å²) in [4.78, 5) is 18.3. The smallest absolute Gasteiger partial charge is 0.240 e. The van der Waals surface area contributed by atoms with Crippen molar-refractivity contribution >= 4 is 5.91 Å². The van der Waals surface area contributed by atoms with Gasteiger partial charge in [0.05, 0.1) is 17.5 Å². The Morgan fingerprint density at radius 1 is 1.35 bits per heavy atom. The molecule has 1 aliphatic heterocycles. The lowest BCUT2D eigenvalue weighted by molar-refractivity contribution is -0.132. The molecule has 1 aliphatic rings. The third-order valence-electron chi connectivity index (χ3n) is 4.19. The number of hydrogen-bond donors (Lipinski definition) is 1. The van der Waals surface area contributed by atoms with Crippen LogP contribution in [0.2, 0.25) is 0 Å². The Bertz CT molecular complexity index is 697. The van der Waals surface area contributed by atoms with Gasteiger partial charge in [-0.25, -0.2) is 4.39 Å². The first-order valence-electron chi connectivity index (χ1n) is 7.71. The number of carbonyl (C=O) groups excluding carboxylic acids is 1. The topological polar surface area (TPSA) is 85.2 Å². The number of aromatic nitrogens is 2. The molecule has 1 fully saturated rings. The third kappa shape index (κ3) is 3.10. The molecule has 3 rings (SSSR count). The molecule has 2 N–H and O–H groups in total. The fourth-order valence-corrected chi connectivity index (χ4v) is 2.69. The number of amides is 1. The highest BCUT2D eigenvalue weighted by molar-refractivity contribution is 5.82. The second-order valence-electron chi connectivity index (χ2n) is 5.78. The predicted octanol–water partition coefficient (Wildman–Crippen LogP) is 1.93. The normalized spacial score (nSPS) is 17.3. The van der Waals surface area contributed by atoms with Crippen LogP contribution in [0.15, 0.2) is 28.8 Å². The van der Waals surface area contributed by atoms with Crippen molar-refractivity contribution in [1.82, 2.24) is 15.0 Å². The Kier molecular flexibility index (Phi) is 4.38. The summed E-state index contributed by atoms with van der Waals surface area (Å²) >= 11 is 0. The molecule has 0 unspecified atom stereocenters. The molecule has 1 saturated heterocycles. The zero-order chi connectivity index (χ0) is 16.4. The minimum absolute atomic E-state index is 0.111. The molecular formula is C16H19FN4O2. The summed E-state index contributed by atoms with van der Waals surface area (Å²) in [7, 11) is 0. The van der Waals surface area contributed by atoms with E-state index >= 15 is 0 Å². The Labute approximate surface area is 133 Å². The number of halogens is 1. The highest BCUT2D eigenvalue weighted by Gasteiger charge is 2.31. The van der Waals surface area contributed by atoms with Crippen LogP contribution in [0.4, 0.5) is 4.39 Å². The lowest BCUT2D eigenvalue weighted by Crippen LogP contribution is -2.45. The lowest BCUT2D eigenvalue weighted by atomic mass is 10.0. The number of likely N-dealkylation sites (tertiary alicyclic amines) is 1. The first kappa shape index (κ1) is 15.6. The minimum Gasteiger partial charge on any atom is -0.341 e. The van der Waals surface area contributed by atoms with E-state index in [2.05, 4.69) is 10.1 Å². The van der Waals surface area contributed by atoms with Gasteiger partial charge in [0, 0.05) is 13.1 Å². The Morgan fingerprint density at radius 3 is 2.74 bits per heavy atom. The van der Waals surface area contributed by atoms with Crippen molar-refractivity contribution in [2.24, 2.45) is 5.73 Å². The van der Waals surface area contributed by atoms with Gasteiger partial charge in [0.1, 0.15) is 5.82 Å². The minimum atomic E-state index is -0.748. The molecule has 7 heteroatoms.